The largest absolute Gasteiger partial charge is 0.393 e. The van der Waals surface area contributed by atoms with E-state index < -0.39 is 0 Å². The molecule has 0 aliphatic carbocycles. The number of nitrogens with zero attached hydrogens (tertiary/aromatic N) is 1. The minimum Gasteiger partial charge on any atom is -0.393 e. The van der Waals surface area contributed by atoms with E-state index in [9.17, 15) is 9.50 Å². The predicted octanol–water partition coefficient (Wildman–Crippen LogP) is 2.53. The molecule has 19 heavy (non-hydrogen) atoms. The molecule has 0 aromatic heterocycles. The first kappa shape index (κ1) is 12.7. The third kappa shape index (κ3) is 2.41. The summed E-state index contributed by atoms with van der Waals surface area (Å²) in [6, 6.07) is 3.86. The van der Waals surface area contributed by atoms with Crippen molar-refractivity contribution in [3.63, 3.8) is 0 Å². The van der Waals surface area contributed by atoms with Gasteiger partial charge in [0.1, 0.15) is 5.82 Å². The molecule has 1 aromatic carbocycles. The fourth-order valence-electron chi connectivity index (χ4n) is 3.13. The second-order valence-electron chi connectivity index (χ2n) is 5.72. The van der Waals surface area contributed by atoms with Crippen molar-refractivity contribution >= 4 is 11.4 Å². The quantitative estimate of drug-likeness (QED) is 0.818. The first-order chi connectivity index (χ1) is 9.15. The molecule has 1 saturated heterocycles. The molecule has 2 aliphatic rings. The molecule has 2 N–H and O–H groups in total. The molecule has 0 spiro atoms. The number of rotatable bonds is 1. The summed E-state index contributed by atoms with van der Waals surface area (Å²) in [5.41, 5.74) is 2.93. The summed E-state index contributed by atoms with van der Waals surface area (Å²) in [7, 11) is 0. The van der Waals surface area contributed by atoms with E-state index in [-0.39, 0.29) is 11.9 Å². The zero-order valence-electron chi connectivity index (χ0n) is 11.3. The van der Waals surface area contributed by atoms with Gasteiger partial charge in [-0.2, -0.15) is 0 Å². The number of anilines is 2. The standard InChI is InChI=1S/C15H21FN2O/c1-10-2-3-12-14(17-10)5-4-13(16)15(12)18-8-6-11(19)7-9-18/h4-5,10-11,17,19H,2-3,6-9H2,1H3. The Bertz CT molecular complexity index is 469. The van der Waals surface area contributed by atoms with E-state index in [4.69, 9.17) is 0 Å². The zero-order valence-corrected chi connectivity index (χ0v) is 11.3. The van der Waals surface area contributed by atoms with Gasteiger partial charge in [-0.25, -0.2) is 4.39 Å². The van der Waals surface area contributed by atoms with Gasteiger partial charge in [-0.15, -0.1) is 0 Å². The van der Waals surface area contributed by atoms with Crippen LogP contribution in [0.15, 0.2) is 12.1 Å². The lowest BCUT2D eigenvalue weighted by Crippen LogP contribution is -2.37. The Labute approximate surface area is 113 Å². The van der Waals surface area contributed by atoms with Crippen LogP contribution in [-0.2, 0) is 6.42 Å². The van der Waals surface area contributed by atoms with Gasteiger partial charge < -0.3 is 15.3 Å². The molecule has 1 fully saturated rings. The van der Waals surface area contributed by atoms with Crippen LogP contribution in [0.25, 0.3) is 0 Å². The molecule has 1 aromatic rings. The molecule has 4 heteroatoms. The molecular formula is C15H21FN2O. The molecule has 3 nitrogen and oxygen atoms in total. The van der Waals surface area contributed by atoms with E-state index in [0.29, 0.717) is 6.04 Å². The molecule has 2 heterocycles. The third-order valence-corrected chi connectivity index (χ3v) is 4.24. The molecule has 0 amide bonds. The summed E-state index contributed by atoms with van der Waals surface area (Å²) in [4.78, 5) is 2.10. The molecule has 104 valence electrons. The summed E-state index contributed by atoms with van der Waals surface area (Å²) >= 11 is 0. The second kappa shape index (κ2) is 5.00. The van der Waals surface area contributed by atoms with Crippen molar-refractivity contribution in [2.75, 3.05) is 23.3 Å². The number of hydrogen-bond acceptors (Lipinski definition) is 3. The average Bonchev–Trinajstić information content (AvgIpc) is 2.40. The van der Waals surface area contributed by atoms with Crippen molar-refractivity contribution in [3.8, 4) is 0 Å². The average molecular weight is 264 g/mol. The van der Waals surface area contributed by atoms with Gasteiger partial charge in [0.15, 0.2) is 0 Å². The lowest BCUT2D eigenvalue weighted by molar-refractivity contribution is 0.145. The maximum atomic E-state index is 14.2. The summed E-state index contributed by atoms with van der Waals surface area (Å²) in [5.74, 6) is -0.133. The Morgan fingerprint density at radius 1 is 1.26 bits per heavy atom. The van der Waals surface area contributed by atoms with Gasteiger partial charge in [-0.1, -0.05) is 0 Å². The first-order valence-corrected chi connectivity index (χ1v) is 7.16. The molecule has 0 radical (unpaired) electrons. The van der Waals surface area contributed by atoms with Gasteiger partial charge in [0.05, 0.1) is 11.8 Å². The fourth-order valence-corrected chi connectivity index (χ4v) is 3.13. The van der Waals surface area contributed by atoms with Gasteiger partial charge >= 0.3 is 0 Å². The van der Waals surface area contributed by atoms with Crippen LogP contribution in [0.1, 0.15) is 31.7 Å². The SMILES string of the molecule is CC1CCc2c(ccc(F)c2N2CCC(O)CC2)N1. The van der Waals surface area contributed by atoms with E-state index in [1.807, 2.05) is 6.07 Å². The Morgan fingerprint density at radius 3 is 2.74 bits per heavy atom. The van der Waals surface area contributed by atoms with Crippen LogP contribution < -0.4 is 10.2 Å². The number of aliphatic hydroxyl groups excluding tert-OH is 1. The first-order valence-electron chi connectivity index (χ1n) is 7.16. The molecule has 3 rings (SSSR count). The molecule has 0 bridgehead atoms. The molecule has 0 saturated carbocycles. The smallest absolute Gasteiger partial charge is 0.146 e. The maximum absolute atomic E-state index is 14.2. The van der Waals surface area contributed by atoms with Crippen LogP contribution in [0, 0.1) is 5.82 Å². The van der Waals surface area contributed by atoms with Crippen LogP contribution in [0.3, 0.4) is 0 Å². The van der Waals surface area contributed by atoms with Crippen LogP contribution in [0.5, 0.6) is 0 Å². The number of aliphatic hydroxyl groups is 1. The highest BCUT2D eigenvalue weighted by Crippen LogP contribution is 2.36. The van der Waals surface area contributed by atoms with Crippen molar-refractivity contribution in [1.82, 2.24) is 0 Å². The summed E-state index contributed by atoms with van der Waals surface area (Å²) in [5, 5.41) is 13.0. The number of fused-ring (bicyclic) bond motifs is 1. The van der Waals surface area contributed by atoms with Gasteiger partial charge in [0, 0.05) is 30.4 Å². The van der Waals surface area contributed by atoms with Crippen LogP contribution >= 0.6 is 0 Å². The van der Waals surface area contributed by atoms with E-state index in [1.54, 1.807) is 6.07 Å². The topological polar surface area (TPSA) is 35.5 Å². The number of halogens is 1. The molecule has 1 atom stereocenters. The minimum atomic E-state index is -0.225. The van der Waals surface area contributed by atoms with Crippen molar-refractivity contribution < 1.29 is 9.50 Å². The Balaban J connectivity index is 1.94. The van der Waals surface area contributed by atoms with E-state index >= 15 is 0 Å². The predicted molar refractivity (Wildman–Crippen MR) is 75.3 cm³/mol. The van der Waals surface area contributed by atoms with Gasteiger partial charge in [0.25, 0.3) is 0 Å². The van der Waals surface area contributed by atoms with Crippen LogP contribution in [0.4, 0.5) is 15.8 Å². The fraction of sp³-hybridized carbons (Fsp3) is 0.600. The summed E-state index contributed by atoms with van der Waals surface area (Å²) in [6.07, 6.45) is 3.20. The summed E-state index contributed by atoms with van der Waals surface area (Å²) < 4.78 is 14.2. The third-order valence-electron chi connectivity index (χ3n) is 4.24. The van der Waals surface area contributed by atoms with Gasteiger partial charge in [-0.3, -0.25) is 0 Å². The number of benzene rings is 1. The Hall–Kier alpha value is -1.29. The van der Waals surface area contributed by atoms with E-state index in [1.165, 1.54) is 0 Å². The van der Waals surface area contributed by atoms with Gasteiger partial charge in [-0.05, 0) is 44.7 Å². The minimum absolute atomic E-state index is 0.133. The molecule has 2 aliphatic heterocycles. The molecular weight excluding hydrogens is 243 g/mol. The monoisotopic (exact) mass is 264 g/mol. The maximum Gasteiger partial charge on any atom is 0.146 e. The summed E-state index contributed by atoms with van der Waals surface area (Å²) in [6.45, 7) is 3.64. The van der Waals surface area contributed by atoms with Crippen molar-refractivity contribution in [2.24, 2.45) is 0 Å². The highest BCUT2D eigenvalue weighted by Gasteiger charge is 2.26. The lowest BCUT2D eigenvalue weighted by atomic mass is 9.95. The van der Waals surface area contributed by atoms with E-state index in [2.05, 4.69) is 17.1 Å². The highest BCUT2D eigenvalue weighted by atomic mass is 19.1. The lowest BCUT2D eigenvalue weighted by Gasteiger charge is -2.35. The van der Waals surface area contributed by atoms with Crippen molar-refractivity contribution in [1.29, 1.82) is 0 Å². The van der Waals surface area contributed by atoms with Crippen molar-refractivity contribution in [2.45, 2.75) is 44.8 Å². The number of piperidine rings is 1. The zero-order chi connectivity index (χ0) is 13.4. The van der Waals surface area contributed by atoms with E-state index in [0.717, 1.165) is 55.7 Å². The Kier molecular flexibility index (Phi) is 3.35. The van der Waals surface area contributed by atoms with Gasteiger partial charge in [0.2, 0.25) is 0 Å². The van der Waals surface area contributed by atoms with Crippen molar-refractivity contribution in [3.05, 3.63) is 23.5 Å². The van der Waals surface area contributed by atoms with Crippen LogP contribution in [-0.4, -0.2) is 30.3 Å². The number of nitrogens with one attached hydrogen (secondary N) is 1. The highest BCUT2D eigenvalue weighted by molar-refractivity contribution is 5.69. The molecule has 1 unspecified atom stereocenters. The van der Waals surface area contributed by atoms with Crippen LogP contribution in [0.2, 0.25) is 0 Å². The number of hydrogen-bond donors (Lipinski definition) is 2. The normalized spacial score (nSPS) is 23.9. The second-order valence-corrected chi connectivity index (χ2v) is 5.72. The Morgan fingerprint density at radius 2 is 2.00 bits per heavy atom.